The molecule has 3 nitrogen and oxygen atoms in total. The molecule has 0 saturated carbocycles. The molecule has 2 heterocycles. The molecule has 0 amide bonds. The molecule has 286 valence electrons. The first kappa shape index (κ1) is 34.9. The lowest BCUT2D eigenvalue weighted by atomic mass is 9.93. The van der Waals surface area contributed by atoms with Gasteiger partial charge in [-0.3, -0.25) is 0 Å². The number of furan rings is 1. The first-order chi connectivity index (χ1) is 30.3. The Bertz CT molecular complexity index is 3570. The van der Waals surface area contributed by atoms with Crippen molar-refractivity contribution in [3.8, 4) is 39.1 Å². The highest BCUT2D eigenvalue weighted by Gasteiger charge is 2.23. The zero-order valence-electron chi connectivity index (χ0n) is 33.2. The molecule has 12 rings (SSSR count). The van der Waals surface area contributed by atoms with Crippen LogP contribution in [0, 0.1) is 0 Å². The van der Waals surface area contributed by atoms with Gasteiger partial charge in [-0.2, -0.15) is 0 Å². The van der Waals surface area contributed by atoms with Gasteiger partial charge < -0.3 is 13.9 Å². The van der Waals surface area contributed by atoms with Crippen molar-refractivity contribution in [3.63, 3.8) is 0 Å². The van der Waals surface area contributed by atoms with Crippen molar-refractivity contribution in [2.24, 2.45) is 0 Å². The molecule has 0 bridgehead atoms. The first-order valence-electron chi connectivity index (χ1n) is 20.8. The Morgan fingerprint density at radius 3 is 1.62 bits per heavy atom. The number of fused-ring (bicyclic) bond motifs is 8. The van der Waals surface area contributed by atoms with Crippen LogP contribution in [-0.2, 0) is 0 Å². The van der Waals surface area contributed by atoms with E-state index >= 15 is 0 Å². The van der Waals surface area contributed by atoms with Crippen LogP contribution < -0.4 is 4.90 Å². The van der Waals surface area contributed by atoms with Gasteiger partial charge >= 0.3 is 0 Å². The Balaban J connectivity index is 1.09. The smallest absolute Gasteiger partial charge is 0.159 e. The Hall–Kier alpha value is -8.14. The highest BCUT2D eigenvalue weighted by molar-refractivity contribution is 6.21. The van der Waals surface area contributed by atoms with E-state index in [-0.39, 0.29) is 0 Å². The van der Waals surface area contributed by atoms with Crippen LogP contribution in [0.4, 0.5) is 17.1 Å². The van der Waals surface area contributed by atoms with Crippen LogP contribution in [0.25, 0.3) is 93.6 Å². The number of para-hydroxylation sites is 3. The van der Waals surface area contributed by atoms with Crippen LogP contribution in [0.15, 0.2) is 235 Å². The molecule has 61 heavy (non-hydrogen) atoms. The van der Waals surface area contributed by atoms with E-state index < -0.39 is 0 Å². The fourth-order valence-corrected chi connectivity index (χ4v) is 9.33. The number of rotatable bonds is 7. The van der Waals surface area contributed by atoms with Gasteiger partial charge in [-0.15, -0.1) is 0 Å². The van der Waals surface area contributed by atoms with E-state index in [1.807, 2.05) is 0 Å². The molecule has 0 N–H and O–H groups in total. The van der Waals surface area contributed by atoms with Gasteiger partial charge in [0.05, 0.1) is 16.7 Å². The van der Waals surface area contributed by atoms with Gasteiger partial charge in [-0.1, -0.05) is 164 Å². The van der Waals surface area contributed by atoms with Crippen molar-refractivity contribution >= 4 is 71.6 Å². The number of hydrogen-bond donors (Lipinski definition) is 0. The zero-order chi connectivity index (χ0) is 40.3. The summed E-state index contributed by atoms with van der Waals surface area (Å²) in [5, 5.41) is 6.82. The van der Waals surface area contributed by atoms with Crippen LogP contribution in [0.5, 0.6) is 0 Å². The standard InChI is InChI=1S/C58H38N2O/c1-4-16-39(17-5-1)41-30-32-45(33-31-41)59(46-34-35-55-52(37-46)48-25-12-13-28-54(48)60(55)44-22-8-3-9-23-44)56-29-15-27-50-53-38-51(47-24-10-11-26-49(47)57(53)61-58(50)56)43-21-14-20-42(36-43)40-18-6-2-7-19-40/h1-38H. The molecule has 0 saturated heterocycles. The highest BCUT2D eigenvalue weighted by Crippen LogP contribution is 2.47. The number of anilines is 3. The molecule has 0 atom stereocenters. The average Bonchev–Trinajstić information content (AvgIpc) is 3.89. The van der Waals surface area contributed by atoms with Gasteiger partial charge in [0.2, 0.25) is 0 Å². The van der Waals surface area contributed by atoms with Crippen LogP contribution in [0.2, 0.25) is 0 Å². The van der Waals surface area contributed by atoms with Crippen LogP contribution in [-0.4, -0.2) is 4.57 Å². The van der Waals surface area contributed by atoms with Crippen molar-refractivity contribution in [2.45, 2.75) is 0 Å². The summed E-state index contributed by atoms with van der Waals surface area (Å²) in [5.41, 5.74) is 15.4. The average molecular weight is 779 g/mol. The molecule has 0 aliphatic heterocycles. The molecule has 2 aromatic heterocycles. The van der Waals surface area contributed by atoms with E-state index in [0.29, 0.717) is 0 Å². The predicted octanol–water partition coefficient (Wildman–Crippen LogP) is 16.3. The second kappa shape index (κ2) is 14.3. The van der Waals surface area contributed by atoms with E-state index in [1.165, 1.54) is 49.7 Å². The van der Waals surface area contributed by atoms with Gasteiger partial charge in [0.15, 0.2) is 5.58 Å². The molecule has 0 radical (unpaired) electrons. The molecule has 12 aromatic rings. The third-order valence-corrected chi connectivity index (χ3v) is 12.2. The lowest BCUT2D eigenvalue weighted by Crippen LogP contribution is -2.10. The van der Waals surface area contributed by atoms with Crippen molar-refractivity contribution in [3.05, 3.63) is 231 Å². The fraction of sp³-hybridized carbons (Fsp3) is 0. The Morgan fingerprint density at radius 2 is 0.852 bits per heavy atom. The number of nitrogens with zero attached hydrogens (tertiary/aromatic N) is 2. The summed E-state index contributed by atoms with van der Waals surface area (Å²) in [6.07, 6.45) is 0. The molecule has 0 aliphatic rings. The second-order valence-electron chi connectivity index (χ2n) is 15.7. The fourth-order valence-electron chi connectivity index (χ4n) is 9.33. The summed E-state index contributed by atoms with van der Waals surface area (Å²) in [6.45, 7) is 0. The van der Waals surface area contributed by atoms with E-state index in [9.17, 15) is 0 Å². The quantitative estimate of drug-likeness (QED) is 0.161. The maximum atomic E-state index is 7.17. The van der Waals surface area contributed by atoms with Crippen LogP contribution in [0.1, 0.15) is 0 Å². The predicted molar refractivity (Wildman–Crippen MR) is 257 cm³/mol. The summed E-state index contributed by atoms with van der Waals surface area (Å²) < 4.78 is 9.54. The van der Waals surface area contributed by atoms with Crippen molar-refractivity contribution in [2.75, 3.05) is 4.90 Å². The third kappa shape index (κ3) is 5.82. The monoisotopic (exact) mass is 778 g/mol. The van der Waals surface area contributed by atoms with Gasteiger partial charge in [-0.05, 0) is 105 Å². The van der Waals surface area contributed by atoms with Crippen molar-refractivity contribution in [1.82, 2.24) is 4.57 Å². The lowest BCUT2D eigenvalue weighted by molar-refractivity contribution is 0.673. The van der Waals surface area contributed by atoms with Crippen molar-refractivity contribution in [1.29, 1.82) is 0 Å². The summed E-state index contributed by atoms with van der Waals surface area (Å²) in [7, 11) is 0. The highest BCUT2D eigenvalue weighted by atomic mass is 16.3. The minimum absolute atomic E-state index is 0.844. The van der Waals surface area contributed by atoms with E-state index in [4.69, 9.17) is 4.42 Å². The van der Waals surface area contributed by atoms with E-state index in [0.717, 1.165) is 61.0 Å². The molecule has 0 aliphatic carbocycles. The van der Waals surface area contributed by atoms with Gasteiger partial charge in [0.25, 0.3) is 0 Å². The maximum Gasteiger partial charge on any atom is 0.159 e. The second-order valence-corrected chi connectivity index (χ2v) is 15.7. The Labute approximate surface area is 353 Å². The van der Waals surface area contributed by atoms with Gasteiger partial charge in [0, 0.05) is 44.0 Å². The van der Waals surface area contributed by atoms with Crippen LogP contribution in [0.3, 0.4) is 0 Å². The Morgan fingerprint density at radius 1 is 0.311 bits per heavy atom. The summed E-state index contributed by atoms with van der Waals surface area (Å²) in [5.74, 6) is 0. The minimum atomic E-state index is 0.844. The number of aromatic nitrogens is 1. The van der Waals surface area contributed by atoms with Crippen molar-refractivity contribution < 1.29 is 4.42 Å². The van der Waals surface area contributed by atoms with Gasteiger partial charge in [0.1, 0.15) is 5.58 Å². The molecule has 3 heteroatoms. The maximum absolute atomic E-state index is 7.17. The molecule has 0 unspecified atom stereocenters. The molecule has 10 aromatic carbocycles. The zero-order valence-corrected chi connectivity index (χ0v) is 33.2. The minimum Gasteiger partial charge on any atom is -0.453 e. The van der Waals surface area contributed by atoms with E-state index in [2.05, 4.69) is 240 Å². The third-order valence-electron chi connectivity index (χ3n) is 12.2. The summed E-state index contributed by atoms with van der Waals surface area (Å²) in [4.78, 5) is 2.36. The largest absolute Gasteiger partial charge is 0.453 e. The number of hydrogen-bond acceptors (Lipinski definition) is 2. The first-order valence-corrected chi connectivity index (χ1v) is 20.8. The summed E-state index contributed by atoms with van der Waals surface area (Å²) >= 11 is 0. The molecular formula is C58H38N2O. The molecule has 0 spiro atoms. The number of benzene rings is 10. The molecular weight excluding hydrogens is 741 g/mol. The molecule has 0 fully saturated rings. The normalized spacial score (nSPS) is 11.6. The summed E-state index contributed by atoms with van der Waals surface area (Å²) in [6, 6.07) is 82.7. The van der Waals surface area contributed by atoms with Crippen LogP contribution >= 0.6 is 0 Å². The van der Waals surface area contributed by atoms with Gasteiger partial charge in [-0.25, -0.2) is 0 Å². The Kier molecular flexibility index (Phi) is 8.17. The topological polar surface area (TPSA) is 21.3 Å². The lowest BCUT2D eigenvalue weighted by Gasteiger charge is -2.26. The SMILES string of the molecule is c1ccc(-c2ccc(N(c3ccc4c(c3)c3ccccc3n4-c3ccccc3)c3cccc4c3oc3c5ccccc5c(-c5cccc(-c6ccccc6)c5)cc43)cc2)cc1. The van der Waals surface area contributed by atoms with E-state index in [1.54, 1.807) is 0 Å².